The highest BCUT2D eigenvalue weighted by atomic mass is 32.1. The lowest BCUT2D eigenvalue weighted by molar-refractivity contribution is -0.126. The Morgan fingerprint density at radius 2 is 2.19 bits per heavy atom. The van der Waals surface area contributed by atoms with Crippen LogP contribution in [0, 0.1) is 5.82 Å². The molecule has 1 aliphatic rings. The predicted octanol–water partition coefficient (Wildman–Crippen LogP) is 3.46. The highest BCUT2D eigenvalue weighted by molar-refractivity contribution is 7.19. The van der Waals surface area contributed by atoms with Crippen LogP contribution in [0.3, 0.4) is 0 Å². The zero-order valence-electron chi connectivity index (χ0n) is 20.1. The molecule has 9 nitrogen and oxygen atoms in total. The SMILES string of the molecule is CN(C/C=C/C(=O)N1CCc2c(sc3ncnc(Nc4ccc(F)c(N)c4)c23)C1)Cc1ccnn1C. The lowest BCUT2D eigenvalue weighted by Crippen LogP contribution is -2.34. The fourth-order valence-electron chi connectivity index (χ4n) is 4.31. The van der Waals surface area contributed by atoms with Crippen LogP contribution in [0.2, 0.25) is 0 Å². The molecule has 3 N–H and O–H groups in total. The number of rotatable bonds is 7. The summed E-state index contributed by atoms with van der Waals surface area (Å²) < 4.78 is 15.4. The van der Waals surface area contributed by atoms with Gasteiger partial charge in [-0.05, 0) is 43.3 Å². The lowest BCUT2D eigenvalue weighted by Gasteiger charge is -2.26. The summed E-state index contributed by atoms with van der Waals surface area (Å²) in [5.74, 6) is 0.193. The number of nitrogens with zero attached hydrogens (tertiary/aromatic N) is 6. The molecule has 0 unspecified atom stereocenters. The van der Waals surface area contributed by atoms with E-state index in [4.69, 9.17) is 5.73 Å². The molecule has 0 fully saturated rings. The molecular weight excluding hydrogens is 479 g/mol. The van der Waals surface area contributed by atoms with E-state index in [1.165, 1.54) is 12.4 Å². The smallest absolute Gasteiger partial charge is 0.246 e. The molecule has 36 heavy (non-hydrogen) atoms. The molecule has 0 aliphatic carbocycles. The number of carbonyl (C=O) groups is 1. The normalized spacial score (nSPS) is 13.6. The van der Waals surface area contributed by atoms with E-state index in [-0.39, 0.29) is 11.6 Å². The van der Waals surface area contributed by atoms with Gasteiger partial charge in [-0.1, -0.05) is 6.08 Å². The van der Waals surface area contributed by atoms with Crippen molar-refractivity contribution in [1.29, 1.82) is 0 Å². The minimum atomic E-state index is -0.458. The van der Waals surface area contributed by atoms with E-state index < -0.39 is 5.82 Å². The van der Waals surface area contributed by atoms with Gasteiger partial charge in [0.1, 0.15) is 22.8 Å². The van der Waals surface area contributed by atoms with Gasteiger partial charge in [-0.25, -0.2) is 14.4 Å². The Morgan fingerprint density at radius 3 is 2.97 bits per heavy atom. The summed E-state index contributed by atoms with van der Waals surface area (Å²) in [4.78, 5) is 27.7. The molecule has 1 aliphatic heterocycles. The van der Waals surface area contributed by atoms with Gasteiger partial charge >= 0.3 is 0 Å². The molecule has 0 spiro atoms. The second-order valence-electron chi connectivity index (χ2n) is 8.82. The molecule has 186 valence electrons. The quantitative estimate of drug-likeness (QED) is 0.292. The first-order chi connectivity index (χ1) is 17.4. The molecule has 1 amide bonds. The van der Waals surface area contributed by atoms with Gasteiger partial charge in [0.15, 0.2) is 0 Å². The fourth-order valence-corrected chi connectivity index (χ4v) is 5.51. The number of likely N-dealkylation sites (N-methyl/N-ethyl adjacent to an activating group) is 1. The highest BCUT2D eigenvalue weighted by Crippen LogP contribution is 2.38. The van der Waals surface area contributed by atoms with E-state index in [1.807, 2.05) is 35.8 Å². The monoisotopic (exact) mass is 506 g/mol. The number of aryl methyl sites for hydroxylation is 1. The minimum Gasteiger partial charge on any atom is -0.396 e. The molecule has 4 heterocycles. The zero-order chi connectivity index (χ0) is 25.2. The maximum Gasteiger partial charge on any atom is 0.246 e. The molecule has 0 atom stereocenters. The van der Waals surface area contributed by atoms with Crippen LogP contribution in [0.5, 0.6) is 0 Å². The van der Waals surface area contributed by atoms with Crippen LogP contribution >= 0.6 is 11.3 Å². The number of nitrogen functional groups attached to an aromatic ring is 1. The Balaban J connectivity index is 1.26. The third-order valence-corrected chi connectivity index (χ3v) is 7.36. The third-order valence-electron chi connectivity index (χ3n) is 6.24. The number of anilines is 3. The van der Waals surface area contributed by atoms with Crippen molar-refractivity contribution in [3.05, 3.63) is 70.9 Å². The van der Waals surface area contributed by atoms with Gasteiger partial charge in [-0.3, -0.25) is 14.4 Å². The van der Waals surface area contributed by atoms with Crippen LogP contribution in [0.15, 0.2) is 48.9 Å². The van der Waals surface area contributed by atoms with Crippen molar-refractivity contribution < 1.29 is 9.18 Å². The maximum absolute atomic E-state index is 13.6. The number of aromatic nitrogens is 4. The largest absolute Gasteiger partial charge is 0.396 e. The number of nitrogens with one attached hydrogen (secondary N) is 1. The summed E-state index contributed by atoms with van der Waals surface area (Å²) in [6, 6.07) is 6.48. The molecular formula is C25H27FN8OS. The number of hydrogen-bond donors (Lipinski definition) is 2. The number of thiophene rings is 1. The summed E-state index contributed by atoms with van der Waals surface area (Å²) in [5, 5.41) is 8.38. The summed E-state index contributed by atoms with van der Waals surface area (Å²) in [5.41, 5.74) is 8.70. The fraction of sp³-hybridized carbons (Fsp3) is 0.280. The first-order valence-electron chi connectivity index (χ1n) is 11.6. The predicted molar refractivity (Wildman–Crippen MR) is 139 cm³/mol. The first-order valence-corrected chi connectivity index (χ1v) is 12.4. The molecule has 11 heteroatoms. The molecule has 0 bridgehead atoms. The Kier molecular flexibility index (Phi) is 6.66. The van der Waals surface area contributed by atoms with Crippen molar-refractivity contribution >= 4 is 44.7 Å². The van der Waals surface area contributed by atoms with Crippen LogP contribution in [0.4, 0.5) is 21.6 Å². The Bertz CT molecular complexity index is 1450. The van der Waals surface area contributed by atoms with E-state index in [0.29, 0.717) is 37.6 Å². The molecule has 3 aromatic heterocycles. The van der Waals surface area contributed by atoms with E-state index in [2.05, 4.69) is 25.3 Å². The molecule has 5 rings (SSSR count). The molecule has 0 saturated heterocycles. The number of benzene rings is 1. The highest BCUT2D eigenvalue weighted by Gasteiger charge is 2.25. The average molecular weight is 507 g/mol. The average Bonchev–Trinajstić information content (AvgIpc) is 3.44. The number of carbonyl (C=O) groups excluding carboxylic acids is 1. The van der Waals surface area contributed by atoms with Crippen molar-refractivity contribution in [2.75, 3.05) is 31.2 Å². The second-order valence-corrected chi connectivity index (χ2v) is 9.91. The molecule has 4 aromatic rings. The van der Waals surface area contributed by atoms with Crippen LogP contribution in [0.1, 0.15) is 16.1 Å². The van der Waals surface area contributed by atoms with Gasteiger partial charge in [0.05, 0.1) is 23.3 Å². The molecule has 0 saturated carbocycles. The van der Waals surface area contributed by atoms with Crippen LogP contribution in [0.25, 0.3) is 10.2 Å². The Hall–Kier alpha value is -3.83. The van der Waals surface area contributed by atoms with E-state index in [1.54, 1.807) is 35.7 Å². The van der Waals surface area contributed by atoms with Crippen LogP contribution in [-0.2, 0) is 31.4 Å². The standard InChI is InChI=1S/C25H27FN8OS/c1-32(13-17-7-9-30-33(17)2)10-3-4-22(35)34-11-8-18-21(14-34)36-25-23(18)24(28-15-29-25)31-16-5-6-19(26)20(27)12-16/h3-7,9,12,15H,8,10-11,13-14,27H2,1-2H3,(H,28,29,31)/b4-3+. The van der Waals surface area contributed by atoms with Gasteiger partial charge in [0.25, 0.3) is 0 Å². The number of hydrogen-bond acceptors (Lipinski definition) is 8. The molecule has 1 aromatic carbocycles. The maximum atomic E-state index is 13.6. The topological polar surface area (TPSA) is 105 Å². The van der Waals surface area contributed by atoms with E-state index in [9.17, 15) is 9.18 Å². The summed E-state index contributed by atoms with van der Waals surface area (Å²) in [6.45, 7) is 2.57. The van der Waals surface area contributed by atoms with Crippen molar-refractivity contribution in [2.24, 2.45) is 7.05 Å². The summed E-state index contributed by atoms with van der Waals surface area (Å²) in [7, 11) is 3.93. The number of amides is 1. The minimum absolute atomic E-state index is 0.00161. The van der Waals surface area contributed by atoms with E-state index >= 15 is 0 Å². The summed E-state index contributed by atoms with van der Waals surface area (Å²) in [6.07, 6.45) is 7.56. The van der Waals surface area contributed by atoms with Gasteiger partial charge in [-0.2, -0.15) is 5.10 Å². The first kappa shape index (κ1) is 23.9. The zero-order valence-corrected chi connectivity index (χ0v) is 20.9. The second kappa shape index (κ2) is 10.0. The van der Waals surface area contributed by atoms with Gasteiger partial charge in [0, 0.05) is 49.5 Å². The van der Waals surface area contributed by atoms with E-state index in [0.717, 1.165) is 32.9 Å². The van der Waals surface area contributed by atoms with Crippen LogP contribution < -0.4 is 11.1 Å². The van der Waals surface area contributed by atoms with Gasteiger partial charge in [0.2, 0.25) is 5.91 Å². The van der Waals surface area contributed by atoms with Crippen molar-refractivity contribution in [3.63, 3.8) is 0 Å². The Labute approximate surface area is 212 Å². The van der Waals surface area contributed by atoms with Gasteiger partial charge in [-0.15, -0.1) is 11.3 Å². The number of fused-ring (bicyclic) bond motifs is 3. The van der Waals surface area contributed by atoms with Crippen molar-refractivity contribution in [3.8, 4) is 0 Å². The van der Waals surface area contributed by atoms with Crippen molar-refractivity contribution in [2.45, 2.75) is 19.5 Å². The lowest BCUT2D eigenvalue weighted by atomic mass is 10.0. The third kappa shape index (κ3) is 4.93. The van der Waals surface area contributed by atoms with Crippen molar-refractivity contribution in [1.82, 2.24) is 29.5 Å². The summed E-state index contributed by atoms with van der Waals surface area (Å²) >= 11 is 1.57. The van der Waals surface area contributed by atoms with Crippen LogP contribution in [-0.4, -0.2) is 55.6 Å². The number of halogens is 1. The molecule has 0 radical (unpaired) electrons. The Morgan fingerprint density at radius 1 is 1.33 bits per heavy atom. The van der Waals surface area contributed by atoms with Gasteiger partial charge < -0.3 is 16.0 Å². The number of nitrogens with two attached hydrogens (primary N) is 1.